The highest BCUT2D eigenvalue weighted by molar-refractivity contribution is 14.1. The van der Waals surface area contributed by atoms with Crippen LogP contribution in [0.5, 0.6) is 5.75 Å². The number of ether oxygens (including phenoxy) is 1. The Balaban J connectivity index is 1.63. The van der Waals surface area contributed by atoms with Crippen LogP contribution in [0.4, 0.5) is 5.69 Å². The molecule has 0 fully saturated rings. The van der Waals surface area contributed by atoms with Crippen molar-refractivity contribution in [1.82, 2.24) is 4.90 Å². The largest absolute Gasteiger partial charge is 0.497 e. The van der Waals surface area contributed by atoms with E-state index < -0.39 is 0 Å². The Morgan fingerprint density at radius 1 is 1.25 bits per heavy atom. The Hall–Kier alpha value is -1.60. The molecule has 2 aromatic carbocycles. The van der Waals surface area contributed by atoms with E-state index in [2.05, 4.69) is 51.0 Å². The zero-order valence-electron chi connectivity index (χ0n) is 13.9. The third kappa shape index (κ3) is 4.08. The van der Waals surface area contributed by atoms with Gasteiger partial charge in [-0.25, -0.2) is 0 Å². The number of rotatable bonds is 4. The molecule has 1 amide bonds. The molecule has 0 unspecified atom stereocenters. The van der Waals surface area contributed by atoms with Crippen LogP contribution in [-0.4, -0.2) is 31.0 Å². The SMILES string of the molecule is COc1ccc2c(c1)CN(CC(=O)Nc1ccc(I)cc1C)CC2. The van der Waals surface area contributed by atoms with Crippen molar-refractivity contribution in [3.05, 3.63) is 56.7 Å². The Morgan fingerprint density at radius 3 is 2.83 bits per heavy atom. The maximum Gasteiger partial charge on any atom is 0.238 e. The molecule has 0 aliphatic carbocycles. The predicted octanol–water partition coefficient (Wildman–Crippen LogP) is 3.61. The van der Waals surface area contributed by atoms with E-state index in [0.29, 0.717) is 6.54 Å². The Kier molecular flexibility index (Phi) is 5.40. The maximum absolute atomic E-state index is 12.4. The van der Waals surface area contributed by atoms with E-state index in [0.717, 1.165) is 36.5 Å². The van der Waals surface area contributed by atoms with Crippen molar-refractivity contribution in [3.63, 3.8) is 0 Å². The number of hydrogen-bond acceptors (Lipinski definition) is 3. The lowest BCUT2D eigenvalue weighted by atomic mass is 9.99. The Morgan fingerprint density at radius 2 is 2.08 bits per heavy atom. The van der Waals surface area contributed by atoms with Crippen LogP contribution in [-0.2, 0) is 17.8 Å². The molecular weight excluding hydrogens is 415 g/mol. The summed E-state index contributed by atoms with van der Waals surface area (Å²) in [4.78, 5) is 14.6. The zero-order chi connectivity index (χ0) is 17.1. The van der Waals surface area contributed by atoms with Gasteiger partial charge in [-0.3, -0.25) is 9.69 Å². The van der Waals surface area contributed by atoms with Crippen LogP contribution in [0.15, 0.2) is 36.4 Å². The molecule has 0 saturated carbocycles. The van der Waals surface area contributed by atoms with E-state index in [9.17, 15) is 4.79 Å². The summed E-state index contributed by atoms with van der Waals surface area (Å²) in [6, 6.07) is 12.2. The summed E-state index contributed by atoms with van der Waals surface area (Å²) >= 11 is 2.28. The van der Waals surface area contributed by atoms with Crippen molar-refractivity contribution in [2.24, 2.45) is 0 Å². The molecule has 126 valence electrons. The predicted molar refractivity (Wildman–Crippen MR) is 105 cm³/mol. The van der Waals surface area contributed by atoms with Gasteiger partial charge >= 0.3 is 0 Å². The second kappa shape index (κ2) is 7.53. The summed E-state index contributed by atoms with van der Waals surface area (Å²) in [5.74, 6) is 0.903. The molecular formula is C19H21IN2O2. The van der Waals surface area contributed by atoms with Crippen molar-refractivity contribution >= 4 is 34.2 Å². The Bertz CT molecular complexity index is 761. The van der Waals surface area contributed by atoms with Gasteiger partial charge in [0.05, 0.1) is 13.7 Å². The second-order valence-corrected chi connectivity index (χ2v) is 7.35. The molecule has 0 bridgehead atoms. The summed E-state index contributed by atoms with van der Waals surface area (Å²) in [6.07, 6.45) is 0.967. The molecule has 1 aliphatic heterocycles. The minimum atomic E-state index is 0.0330. The molecule has 24 heavy (non-hydrogen) atoms. The number of fused-ring (bicyclic) bond motifs is 1. The molecule has 0 saturated heterocycles. The third-order valence-electron chi connectivity index (χ3n) is 4.33. The lowest BCUT2D eigenvalue weighted by molar-refractivity contribution is -0.117. The van der Waals surface area contributed by atoms with Crippen LogP contribution in [0.1, 0.15) is 16.7 Å². The van der Waals surface area contributed by atoms with Gasteiger partial charge < -0.3 is 10.1 Å². The highest BCUT2D eigenvalue weighted by Gasteiger charge is 2.19. The summed E-state index contributed by atoms with van der Waals surface area (Å²) < 4.78 is 6.47. The fourth-order valence-electron chi connectivity index (χ4n) is 3.01. The van der Waals surface area contributed by atoms with E-state index in [4.69, 9.17) is 4.74 Å². The average Bonchev–Trinajstić information content (AvgIpc) is 2.56. The molecule has 1 heterocycles. The number of nitrogens with zero attached hydrogens (tertiary/aromatic N) is 1. The number of halogens is 1. The van der Waals surface area contributed by atoms with Gasteiger partial charge in [-0.2, -0.15) is 0 Å². The third-order valence-corrected chi connectivity index (χ3v) is 5.01. The fraction of sp³-hybridized carbons (Fsp3) is 0.316. The number of methoxy groups -OCH3 is 1. The fourth-order valence-corrected chi connectivity index (χ4v) is 3.66. The van der Waals surface area contributed by atoms with E-state index in [1.807, 2.05) is 25.1 Å². The van der Waals surface area contributed by atoms with Gasteiger partial charge in [-0.1, -0.05) is 6.07 Å². The molecule has 0 radical (unpaired) electrons. The van der Waals surface area contributed by atoms with Gasteiger partial charge in [-0.15, -0.1) is 0 Å². The van der Waals surface area contributed by atoms with Gasteiger partial charge in [-0.05, 0) is 83.0 Å². The highest BCUT2D eigenvalue weighted by Crippen LogP contribution is 2.24. The van der Waals surface area contributed by atoms with Gasteiger partial charge in [0.15, 0.2) is 0 Å². The number of amides is 1. The molecule has 2 aromatic rings. The van der Waals surface area contributed by atoms with E-state index in [-0.39, 0.29) is 5.91 Å². The number of hydrogen-bond donors (Lipinski definition) is 1. The van der Waals surface area contributed by atoms with Gasteiger partial charge in [0.2, 0.25) is 5.91 Å². The quantitative estimate of drug-likeness (QED) is 0.745. The van der Waals surface area contributed by atoms with Crippen molar-refractivity contribution in [3.8, 4) is 5.75 Å². The monoisotopic (exact) mass is 436 g/mol. The molecule has 4 nitrogen and oxygen atoms in total. The molecule has 0 atom stereocenters. The van der Waals surface area contributed by atoms with Crippen molar-refractivity contribution in [2.45, 2.75) is 19.9 Å². The Labute approximate surface area is 156 Å². The van der Waals surface area contributed by atoms with E-state index >= 15 is 0 Å². The molecule has 0 aromatic heterocycles. The van der Waals surface area contributed by atoms with Crippen LogP contribution < -0.4 is 10.1 Å². The normalized spacial score (nSPS) is 14.1. The van der Waals surface area contributed by atoms with Crippen molar-refractivity contribution in [2.75, 3.05) is 25.5 Å². The van der Waals surface area contributed by atoms with Crippen molar-refractivity contribution in [1.29, 1.82) is 0 Å². The highest BCUT2D eigenvalue weighted by atomic mass is 127. The number of aryl methyl sites for hydroxylation is 1. The summed E-state index contributed by atoms with van der Waals surface area (Å²) in [6.45, 7) is 4.10. The molecule has 0 spiro atoms. The first kappa shape index (κ1) is 17.2. The minimum absolute atomic E-state index is 0.0330. The molecule has 5 heteroatoms. The first-order valence-corrected chi connectivity index (χ1v) is 9.07. The average molecular weight is 436 g/mol. The van der Waals surface area contributed by atoms with Crippen LogP contribution in [0.2, 0.25) is 0 Å². The first-order chi connectivity index (χ1) is 11.5. The maximum atomic E-state index is 12.4. The number of nitrogens with one attached hydrogen (secondary N) is 1. The second-order valence-electron chi connectivity index (χ2n) is 6.10. The van der Waals surface area contributed by atoms with E-state index in [1.165, 1.54) is 14.7 Å². The number of anilines is 1. The van der Waals surface area contributed by atoms with Gasteiger partial charge in [0.25, 0.3) is 0 Å². The van der Waals surface area contributed by atoms with Crippen LogP contribution >= 0.6 is 22.6 Å². The van der Waals surface area contributed by atoms with E-state index in [1.54, 1.807) is 7.11 Å². The summed E-state index contributed by atoms with van der Waals surface area (Å²) in [7, 11) is 1.68. The van der Waals surface area contributed by atoms with Crippen molar-refractivity contribution < 1.29 is 9.53 Å². The van der Waals surface area contributed by atoms with Crippen LogP contribution in [0.3, 0.4) is 0 Å². The molecule has 1 N–H and O–H groups in total. The molecule has 3 rings (SSSR count). The lowest BCUT2D eigenvalue weighted by Crippen LogP contribution is -2.37. The number of benzene rings is 2. The minimum Gasteiger partial charge on any atom is -0.497 e. The smallest absolute Gasteiger partial charge is 0.238 e. The van der Waals surface area contributed by atoms with Gasteiger partial charge in [0, 0.05) is 22.3 Å². The summed E-state index contributed by atoms with van der Waals surface area (Å²) in [5.41, 5.74) is 4.57. The summed E-state index contributed by atoms with van der Waals surface area (Å²) in [5, 5.41) is 3.02. The van der Waals surface area contributed by atoms with Crippen LogP contribution in [0, 0.1) is 10.5 Å². The number of carbonyl (C=O) groups is 1. The zero-order valence-corrected chi connectivity index (χ0v) is 16.1. The lowest BCUT2D eigenvalue weighted by Gasteiger charge is -2.28. The number of carbonyl (C=O) groups excluding carboxylic acids is 1. The standard InChI is InChI=1S/C19H21IN2O2/c1-13-9-16(20)4-6-18(13)21-19(23)12-22-8-7-14-3-5-17(24-2)10-15(14)11-22/h3-6,9-10H,7-8,11-12H2,1-2H3,(H,21,23). The van der Waals surface area contributed by atoms with Crippen LogP contribution in [0.25, 0.3) is 0 Å². The van der Waals surface area contributed by atoms with Gasteiger partial charge in [0.1, 0.15) is 5.75 Å². The molecule has 1 aliphatic rings. The first-order valence-electron chi connectivity index (χ1n) is 7.99. The topological polar surface area (TPSA) is 41.6 Å².